The summed E-state index contributed by atoms with van der Waals surface area (Å²) in [6, 6.07) is 0. The molecule has 0 radical (unpaired) electrons. The summed E-state index contributed by atoms with van der Waals surface area (Å²) in [4.78, 5) is 9.32. The van der Waals surface area contributed by atoms with Crippen LogP contribution >= 0.6 is 24.0 Å². The van der Waals surface area contributed by atoms with Gasteiger partial charge in [0.2, 0.25) is 0 Å². The lowest BCUT2D eigenvalue weighted by atomic mass is 9.93. The van der Waals surface area contributed by atoms with E-state index in [1.165, 1.54) is 25.9 Å². The number of rotatable bonds is 3. The van der Waals surface area contributed by atoms with Crippen molar-refractivity contribution in [3.63, 3.8) is 0 Å². The molecular weight excluding hydrogens is 351 g/mol. The summed E-state index contributed by atoms with van der Waals surface area (Å²) in [6.07, 6.45) is 2.72. The van der Waals surface area contributed by atoms with Gasteiger partial charge in [0.15, 0.2) is 5.96 Å². The highest BCUT2D eigenvalue weighted by Crippen LogP contribution is 2.23. The minimum Gasteiger partial charge on any atom is -0.354 e. The number of halogens is 1. The quantitative estimate of drug-likeness (QED) is 0.760. The van der Waals surface area contributed by atoms with Crippen LogP contribution in [0.3, 0.4) is 0 Å². The largest absolute Gasteiger partial charge is 0.354 e. The predicted molar refractivity (Wildman–Crippen MR) is 92.4 cm³/mol. The van der Waals surface area contributed by atoms with Crippen LogP contribution in [0.15, 0.2) is 4.99 Å². The SMILES string of the molecule is CC1CCCN(C(C)(C)CNC2=NCCN2C)C1.I. The summed E-state index contributed by atoms with van der Waals surface area (Å²) in [6.45, 7) is 12.5. The van der Waals surface area contributed by atoms with Crippen LogP contribution in [0, 0.1) is 5.92 Å². The third-order valence-corrected chi connectivity index (χ3v) is 4.25. The smallest absolute Gasteiger partial charge is 0.193 e. The molecule has 0 amide bonds. The third-order valence-electron chi connectivity index (χ3n) is 4.25. The van der Waals surface area contributed by atoms with E-state index in [4.69, 9.17) is 0 Å². The van der Waals surface area contributed by atoms with Crippen molar-refractivity contribution < 1.29 is 0 Å². The van der Waals surface area contributed by atoms with E-state index in [1.54, 1.807) is 0 Å². The summed E-state index contributed by atoms with van der Waals surface area (Å²) >= 11 is 0. The molecule has 0 saturated carbocycles. The summed E-state index contributed by atoms with van der Waals surface area (Å²) in [5, 5.41) is 3.52. The van der Waals surface area contributed by atoms with Crippen molar-refractivity contribution >= 4 is 29.9 Å². The zero-order valence-corrected chi connectivity index (χ0v) is 15.1. The second-order valence-corrected chi connectivity index (χ2v) is 6.49. The normalized spacial score (nSPS) is 24.9. The number of hydrogen-bond donors (Lipinski definition) is 1. The van der Waals surface area contributed by atoms with Crippen molar-refractivity contribution in [3.05, 3.63) is 0 Å². The zero-order valence-electron chi connectivity index (χ0n) is 12.8. The molecule has 2 aliphatic heterocycles. The van der Waals surface area contributed by atoms with Crippen LogP contribution in [0.4, 0.5) is 0 Å². The Bertz CT molecular complexity index is 317. The Morgan fingerprint density at radius 3 is 2.68 bits per heavy atom. The molecule has 4 nitrogen and oxygen atoms in total. The van der Waals surface area contributed by atoms with Gasteiger partial charge in [0.1, 0.15) is 0 Å². The van der Waals surface area contributed by atoms with Crippen LogP contribution < -0.4 is 5.32 Å². The summed E-state index contributed by atoms with van der Waals surface area (Å²) in [5.41, 5.74) is 0.209. The molecular formula is C14H29IN4. The lowest BCUT2D eigenvalue weighted by Gasteiger charge is -2.43. The molecule has 0 aromatic carbocycles. The molecule has 0 bridgehead atoms. The Morgan fingerprint density at radius 2 is 2.11 bits per heavy atom. The Labute approximate surface area is 135 Å². The van der Waals surface area contributed by atoms with E-state index in [1.807, 2.05) is 0 Å². The lowest BCUT2D eigenvalue weighted by Crippen LogP contribution is -2.55. The van der Waals surface area contributed by atoms with E-state index in [9.17, 15) is 0 Å². The van der Waals surface area contributed by atoms with Gasteiger partial charge in [-0.2, -0.15) is 0 Å². The number of guanidine groups is 1. The Morgan fingerprint density at radius 1 is 1.37 bits per heavy atom. The molecule has 1 atom stereocenters. The van der Waals surface area contributed by atoms with Gasteiger partial charge in [0.25, 0.3) is 0 Å². The second-order valence-electron chi connectivity index (χ2n) is 6.49. The van der Waals surface area contributed by atoms with Gasteiger partial charge in [0.05, 0.1) is 6.54 Å². The van der Waals surface area contributed by atoms with E-state index >= 15 is 0 Å². The number of piperidine rings is 1. The molecule has 1 saturated heterocycles. The first-order valence-electron chi connectivity index (χ1n) is 7.23. The first-order chi connectivity index (χ1) is 8.49. The van der Waals surface area contributed by atoms with Gasteiger partial charge in [0, 0.05) is 32.2 Å². The minimum absolute atomic E-state index is 0. The van der Waals surface area contributed by atoms with Crippen molar-refractivity contribution in [1.82, 2.24) is 15.1 Å². The fraction of sp³-hybridized carbons (Fsp3) is 0.929. The molecule has 2 aliphatic rings. The number of nitrogens with one attached hydrogen (secondary N) is 1. The van der Waals surface area contributed by atoms with Crippen LogP contribution in [-0.2, 0) is 0 Å². The van der Waals surface area contributed by atoms with E-state index in [2.05, 4.69) is 47.9 Å². The van der Waals surface area contributed by atoms with Crippen LogP contribution in [0.1, 0.15) is 33.6 Å². The first kappa shape index (κ1) is 17.0. The van der Waals surface area contributed by atoms with Gasteiger partial charge in [-0.3, -0.25) is 9.89 Å². The fourth-order valence-corrected chi connectivity index (χ4v) is 2.87. The minimum atomic E-state index is 0. The van der Waals surface area contributed by atoms with Gasteiger partial charge >= 0.3 is 0 Å². The second kappa shape index (κ2) is 7.11. The molecule has 1 fully saturated rings. The third kappa shape index (κ3) is 4.48. The Kier molecular flexibility index (Phi) is 6.36. The molecule has 2 heterocycles. The number of likely N-dealkylation sites (N-methyl/N-ethyl adjacent to an activating group) is 1. The van der Waals surface area contributed by atoms with Crippen molar-refractivity contribution in [1.29, 1.82) is 0 Å². The maximum atomic E-state index is 4.49. The summed E-state index contributed by atoms with van der Waals surface area (Å²) in [5.74, 6) is 1.90. The highest BCUT2D eigenvalue weighted by molar-refractivity contribution is 14.0. The number of aliphatic imine (C=N–C) groups is 1. The van der Waals surface area contributed by atoms with E-state index in [0.717, 1.165) is 31.5 Å². The maximum absolute atomic E-state index is 4.49. The van der Waals surface area contributed by atoms with Gasteiger partial charge in [-0.15, -0.1) is 24.0 Å². The van der Waals surface area contributed by atoms with E-state index in [-0.39, 0.29) is 29.5 Å². The van der Waals surface area contributed by atoms with Crippen molar-refractivity contribution in [2.24, 2.45) is 10.9 Å². The molecule has 0 aromatic heterocycles. The highest BCUT2D eigenvalue weighted by atomic mass is 127. The monoisotopic (exact) mass is 380 g/mol. The lowest BCUT2D eigenvalue weighted by molar-refractivity contribution is 0.0737. The van der Waals surface area contributed by atoms with Gasteiger partial charge in [-0.25, -0.2) is 0 Å². The molecule has 2 rings (SSSR count). The standard InChI is InChI=1S/C14H28N4.HI/c1-12-6-5-8-18(10-12)14(2,3)11-16-13-15-7-9-17(13)4;/h12H,5-11H2,1-4H3,(H,15,16);1H. The summed E-state index contributed by atoms with van der Waals surface area (Å²) in [7, 11) is 2.11. The Hall–Kier alpha value is -0.0400. The van der Waals surface area contributed by atoms with Crippen molar-refractivity contribution in [2.45, 2.75) is 39.2 Å². The number of likely N-dealkylation sites (tertiary alicyclic amines) is 1. The van der Waals surface area contributed by atoms with Crippen molar-refractivity contribution in [3.8, 4) is 0 Å². The molecule has 1 unspecified atom stereocenters. The van der Waals surface area contributed by atoms with E-state index in [0.29, 0.717) is 0 Å². The highest BCUT2D eigenvalue weighted by Gasteiger charge is 2.30. The van der Waals surface area contributed by atoms with Gasteiger partial charge in [-0.05, 0) is 39.2 Å². The molecule has 0 aliphatic carbocycles. The predicted octanol–water partition coefficient (Wildman–Crippen LogP) is 2.01. The molecule has 19 heavy (non-hydrogen) atoms. The van der Waals surface area contributed by atoms with Crippen LogP contribution in [0.2, 0.25) is 0 Å². The fourth-order valence-electron chi connectivity index (χ4n) is 2.87. The molecule has 112 valence electrons. The van der Waals surface area contributed by atoms with Gasteiger partial charge in [-0.1, -0.05) is 6.92 Å². The number of nitrogens with zero attached hydrogens (tertiary/aromatic N) is 3. The average molecular weight is 380 g/mol. The summed E-state index contributed by atoms with van der Waals surface area (Å²) < 4.78 is 0. The van der Waals surface area contributed by atoms with Crippen LogP contribution in [0.25, 0.3) is 0 Å². The molecule has 1 N–H and O–H groups in total. The molecule has 5 heteroatoms. The average Bonchev–Trinajstić information content (AvgIpc) is 2.72. The Balaban J connectivity index is 0.00000180. The van der Waals surface area contributed by atoms with E-state index < -0.39 is 0 Å². The molecule has 0 spiro atoms. The van der Waals surface area contributed by atoms with Crippen LogP contribution in [-0.4, -0.2) is 61.1 Å². The van der Waals surface area contributed by atoms with Gasteiger partial charge < -0.3 is 10.2 Å². The topological polar surface area (TPSA) is 30.9 Å². The number of hydrogen-bond acceptors (Lipinski definition) is 4. The van der Waals surface area contributed by atoms with Crippen molar-refractivity contribution in [2.75, 3.05) is 39.8 Å². The maximum Gasteiger partial charge on any atom is 0.193 e. The molecule has 0 aromatic rings. The van der Waals surface area contributed by atoms with Crippen LogP contribution in [0.5, 0.6) is 0 Å². The zero-order chi connectivity index (χ0) is 13.2. The first-order valence-corrected chi connectivity index (χ1v) is 7.23.